The zero-order valence-corrected chi connectivity index (χ0v) is 15.1. The van der Waals surface area contributed by atoms with Gasteiger partial charge in [0, 0.05) is 18.3 Å². The van der Waals surface area contributed by atoms with Gasteiger partial charge in [-0.2, -0.15) is 0 Å². The lowest BCUT2D eigenvalue weighted by molar-refractivity contribution is -0.187. The average molecular weight is 359 g/mol. The Morgan fingerprint density at radius 2 is 2.04 bits per heavy atom. The number of hydrogen-bond donors (Lipinski definition) is 1. The molecule has 3 heterocycles. The highest BCUT2D eigenvalue weighted by atomic mass is 32.1. The van der Waals surface area contributed by atoms with Gasteiger partial charge in [0.2, 0.25) is 5.91 Å². The van der Waals surface area contributed by atoms with Gasteiger partial charge in [-0.3, -0.25) is 14.5 Å². The summed E-state index contributed by atoms with van der Waals surface area (Å²) >= 11 is 1.53. The molecule has 0 saturated carbocycles. The first kappa shape index (κ1) is 16.5. The van der Waals surface area contributed by atoms with Crippen molar-refractivity contribution in [1.82, 2.24) is 15.1 Å². The molecule has 1 aromatic heterocycles. The van der Waals surface area contributed by atoms with Crippen molar-refractivity contribution in [3.8, 4) is 0 Å². The molecule has 0 unspecified atom stereocenters. The minimum atomic E-state index is -0.342. The van der Waals surface area contributed by atoms with Crippen LogP contribution in [0.4, 0.5) is 0 Å². The monoisotopic (exact) mass is 359 g/mol. The molecule has 7 heteroatoms. The second-order valence-corrected chi connectivity index (χ2v) is 7.93. The summed E-state index contributed by atoms with van der Waals surface area (Å²) in [7, 11) is 3.57. The van der Waals surface area contributed by atoms with Crippen molar-refractivity contribution in [3.05, 3.63) is 35.2 Å². The Hall–Kier alpha value is -1.96. The van der Waals surface area contributed by atoms with E-state index in [-0.39, 0.29) is 23.5 Å². The molecule has 1 aromatic carbocycles. The van der Waals surface area contributed by atoms with Gasteiger partial charge < -0.3 is 15.0 Å². The Balaban J connectivity index is 1.41. The van der Waals surface area contributed by atoms with E-state index in [1.165, 1.54) is 11.3 Å². The van der Waals surface area contributed by atoms with E-state index in [9.17, 15) is 9.59 Å². The molecule has 1 spiro atoms. The van der Waals surface area contributed by atoms with Gasteiger partial charge in [-0.15, -0.1) is 11.3 Å². The summed E-state index contributed by atoms with van der Waals surface area (Å²) in [5.74, 6) is 0.0291. The summed E-state index contributed by atoms with van der Waals surface area (Å²) in [6, 6.07) is 9.73. The number of nitrogens with one attached hydrogen (secondary N) is 1. The molecule has 2 saturated heterocycles. The maximum atomic E-state index is 12.7. The summed E-state index contributed by atoms with van der Waals surface area (Å²) in [5.41, 5.74) is -0.342. The second kappa shape index (κ2) is 6.09. The zero-order chi connectivity index (χ0) is 17.6. The Bertz CT molecular complexity index is 795. The molecule has 25 heavy (non-hydrogen) atoms. The van der Waals surface area contributed by atoms with E-state index in [1.807, 2.05) is 47.2 Å². The third-order valence-electron chi connectivity index (χ3n) is 5.05. The van der Waals surface area contributed by atoms with Gasteiger partial charge in [0.1, 0.15) is 11.6 Å². The van der Waals surface area contributed by atoms with Crippen LogP contribution in [-0.4, -0.2) is 73.6 Å². The molecule has 6 nitrogen and oxygen atoms in total. The Labute approximate surface area is 150 Å². The van der Waals surface area contributed by atoms with Gasteiger partial charge in [0.25, 0.3) is 5.91 Å². The highest BCUT2D eigenvalue weighted by molar-refractivity contribution is 7.20. The Kier molecular flexibility index (Phi) is 4.02. The van der Waals surface area contributed by atoms with Crippen LogP contribution in [0.1, 0.15) is 9.67 Å². The number of amides is 2. The average Bonchev–Trinajstić information content (AvgIpc) is 3.02. The quantitative estimate of drug-likeness (QED) is 0.875. The Morgan fingerprint density at radius 1 is 1.28 bits per heavy atom. The van der Waals surface area contributed by atoms with Gasteiger partial charge >= 0.3 is 0 Å². The molecular weight excluding hydrogens is 338 g/mol. The van der Waals surface area contributed by atoms with Crippen LogP contribution < -0.4 is 5.32 Å². The lowest BCUT2D eigenvalue weighted by atomic mass is 9.90. The lowest BCUT2D eigenvalue weighted by Gasteiger charge is -2.54. The molecule has 2 aliphatic rings. The van der Waals surface area contributed by atoms with Crippen LogP contribution in [0.25, 0.3) is 10.1 Å². The summed E-state index contributed by atoms with van der Waals surface area (Å²) in [6.07, 6.45) is 0. The third-order valence-corrected chi connectivity index (χ3v) is 6.15. The fourth-order valence-corrected chi connectivity index (χ4v) is 4.69. The highest BCUT2D eigenvalue weighted by Crippen LogP contribution is 2.33. The Morgan fingerprint density at radius 3 is 2.72 bits per heavy atom. The number of hydrogen-bond acceptors (Lipinski definition) is 5. The van der Waals surface area contributed by atoms with Crippen LogP contribution in [-0.2, 0) is 9.53 Å². The molecule has 0 bridgehead atoms. The molecule has 1 atom stereocenters. The molecule has 1 N–H and O–H groups in total. The molecule has 132 valence electrons. The molecule has 0 aliphatic carbocycles. The first-order valence-electron chi connectivity index (χ1n) is 8.35. The van der Waals surface area contributed by atoms with Crippen molar-refractivity contribution < 1.29 is 14.3 Å². The first-order chi connectivity index (χ1) is 12.0. The molecular formula is C18H21N3O3S. The standard InChI is InChI=1S/C18H21N3O3S/c1-19-16(22)13-8-24-18(9-20(13)2)10-21(11-18)17(23)15-7-12-5-3-4-6-14(12)25-15/h3-7,13H,8-11H2,1-2H3,(H,19,22)/t13-/m1/s1. The maximum Gasteiger partial charge on any atom is 0.264 e. The number of thiophene rings is 1. The number of benzene rings is 1. The number of ether oxygens (including phenoxy) is 1. The van der Waals surface area contributed by atoms with Crippen molar-refractivity contribution in [2.75, 3.05) is 40.3 Å². The van der Waals surface area contributed by atoms with E-state index >= 15 is 0 Å². The van der Waals surface area contributed by atoms with E-state index in [0.29, 0.717) is 26.2 Å². The van der Waals surface area contributed by atoms with Gasteiger partial charge in [0.05, 0.1) is 24.6 Å². The van der Waals surface area contributed by atoms with Crippen molar-refractivity contribution in [3.63, 3.8) is 0 Å². The molecule has 0 radical (unpaired) electrons. The fourth-order valence-electron chi connectivity index (χ4n) is 3.66. The number of fused-ring (bicyclic) bond motifs is 1. The predicted molar refractivity (Wildman–Crippen MR) is 96.9 cm³/mol. The minimum Gasteiger partial charge on any atom is -0.368 e. The lowest BCUT2D eigenvalue weighted by Crippen LogP contribution is -2.73. The SMILES string of the molecule is CNC(=O)[C@H]1COC2(CN(C(=O)c3cc4ccccc4s3)C2)CN1C. The van der Waals surface area contributed by atoms with Crippen molar-refractivity contribution >= 4 is 33.2 Å². The van der Waals surface area contributed by atoms with Crippen molar-refractivity contribution in [2.45, 2.75) is 11.6 Å². The number of nitrogens with zero attached hydrogens (tertiary/aromatic N) is 2. The van der Waals surface area contributed by atoms with E-state index in [0.717, 1.165) is 15.0 Å². The van der Waals surface area contributed by atoms with Crippen LogP contribution in [0.15, 0.2) is 30.3 Å². The predicted octanol–water partition coefficient (Wildman–Crippen LogP) is 1.17. The van der Waals surface area contributed by atoms with E-state index < -0.39 is 0 Å². The van der Waals surface area contributed by atoms with Crippen LogP contribution >= 0.6 is 11.3 Å². The summed E-state index contributed by atoms with van der Waals surface area (Å²) in [6.45, 7) is 2.16. The minimum absolute atomic E-state index is 0.0325. The topological polar surface area (TPSA) is 61.9 Å². The molecule has 2 aromatic rings. The number of carbonyl (C=O) groups is 2. The fraction of sp³-hybridized carbons (Fsp3) is 0.444. The normalized spacial score (nSPS) is 22.8. The molecule has 2 aliphatic heterocycles. The molecule has 2 fully saturated rings. The largest absolute Gasteiger partial charge is 0.368 e. The van der Waals surface area contributed by atoms with Gasteiger partial charge in [-0.1, -0.05) is 18.2 Å². The number of likely N-dealkylation sites (N-methyl/N-ethyl adjacent to an activating group) is 2. The van der Waals surface area contributed by atoms with Crippen LogP contribution in [0, 0.1) is 0 Å². The number of rotatable bonds is 2. The second-order valence-electron chi connectivity index (χ2n) is 6.85. The van der Waals surface area contributed by atoms with Gasteiger partial charge in [-0.25, -0.2) is 0 Å². The highest BCUT2D eigenvalue weighted by Gasteiger charge is 2.51. The van der Waals surface area contributed by atoms with Gasteiger partial charge in [-0.05, 0) is 24.6 Å². The zero-order valence-electron chi connectivity index (χ0n) is 14.3. The van der Waals surface area contributed by atoms with Crippen molar-refractivity contribution in [1.29, 1.82) is 0 Å². The smallest absolute Gasteiger partial charge is 0.264 e. The third kappa shape index (κ3) is 2.82. The summed E-state index contributed by atoms with van der Waals surface area (Å²) in [5, 5.41) is 3.77. The van der Waals surface area contributed by atoms with Crippen LogP contribution in [0.2, 0.25) is 0 Å². The van der Waals surface area contributed by atoms with E-state index in [2.05, 4.69) is 5.32 Å². The number of likely N-dealkylation sites (tertiary alicyclic amines) is 1. The van der Waals surface area contributed by atoms with E-state index in [4.69, 9.17) is 4.74 Å². The summed E-state index contributed by atoms with van der Waals surface area (Å²) in [4.78, 5) is 29.2. The number of carbonyl (C=O) groups excluding carboxylic acids is 2. The maximum absolute atomic E-state index is 12.7. The van der Waals surface area contributed by atoms with Crippen LogP contribution in [0.5, 0.6) is 0 Å². The number of morpholine rings is 1. The van der Waals surface area contributed by atoms with E-state index in [1.54, 1.807) is 7.05 Å². The van der Waals surface area contributed by atoms with Crippen molar-refractivity contribution in [2.24, 2.45) is 0 Å². The molecule has 4 rings (SSSR count). The summed E-state index contributed by atoms with van der Waals surface area (Å²) < 4.78 is 7.12. The van der Waals surface area contributed by atoms with Gasteiger partial charge in [0.15, 0.2) is 0 Å². The molecule has 2 amide bonds. The first-order valence-corrected chi connectivity index (χ1v) is 9.17. The van der Waals surface area contributed by atoms with Crippen LogP contribution in [0.3, 0.4) is 0 Å².